The van der Waals surface area contributed by atoms with Crippen LogP contribution in [0.5, 0.6) is 0 Å². The molecule has 20 heavy (non-hydrogen) atoms. The van der Waals surface area contributed by atoms with Crippen LogP contribution in [0.4, 0.5) is 4.79 Å². The molecule has 0 spiro atoms. The summed E-state index contributed by atoms with van der Waals surface area (Å²) < 4.78 is 1.91. The van der Waals surface area contributed by atoms with E-state index in [1.54, 1.807) is 11.1 Å². The summed E-state index contributed by atoms with van der Waals surface area (Å²) in [6.45, 7) is 1.42. The Morgan fingerprint density at radius 2 is 2.35 bits per heavy atom. The third-order valence-corrected chi connectivity index (χ3v) is 3.60. The van der Waals surface area contributed by atoms with E-state index in [9.17, 15) is 9.59 Å². The molecule has 1 saturated heterocycles. The Bertz CT molecular complexity index is 486. The van der Waals surface area contributed by atoms with Gasteiger partial charge in [0.15, 0.2) is 0 Å². The topological polar surface area (TPSA) is 87.5 Å². The number of piperidine rings is 1. The van der Waals surface area contributed by atoms with Crippen molar-refractivity contribution in [2.75, 3.05) is 19.6 Å². The first-order valence-electron chi connectivity index (χ1n) is 6.79. The number of carboxylic acid groups (broad SMARTS) is 1. The molecule has 1 aliphatic heterocycles. The van der Waals surface area contributed by atoms with Gasteiger partial charge in [0.1, 0.15) is 5.82 Å². The van der Waals surface area contributed by atoms with Crippen LogP contribution in [0, 0.1) is 5.92 Å². The zero-order valence-electron chi connectivity index (χ0n) is 11.6. The molecule has 1 fully saturated rings. The molecular formula is C13H20N4O3. The number of amides is 2. The van der Waals surface area contributed by atoms with Crippen molar-refractivity contribution in [1.82, 2.24) is 19.8 Å². The molecule has 7 heteroatoms. The summed E-state index contributed by atoms with van der Waals surface area (Å²) in [5.41, 5.74) is 0. The highest BCUT2D eigenvalue weighted by atomic mass is 16.4. The number of aliphatic carboxylic acids is 1. The van der Waals surface area contributed by atoms with E-state index in [0.717, 1.165) is 12.2 Å². The quantitative estimate of drug-likeness (QED) is 0.839. The van der Waals surface area contributed by atoms with Crippen molar-refractivity contribution in [3.8, 4) is 0 Å². The summed E-state index contributed by atoms with van der Waals surface area (Å²) >= 11 is 0. The molecular weight excluding hydrogens is 260 g/mol. The van der Waals surface area contributed by atoms with Crippen molar-refractivity contribution in [3.05, 3.63) is 18.2 Å². The van der Waals surface area contributed by atoms with Crippen LogP contribution in [0.3, 0.4) is 0 Å². The van der Waals surface area contributed by atoms with Crippen molar-refractivity contribution in [2.24, 2.45) is 13.0 Å². The maximum atomic E-state index is 12.0. The molecule has 1 aliphatic rings. The van der Waals surface area contributed by atoms with Gasteiger partial charge in [-0.3, -0.25) is 4.79 Å². The number of hydrogen-bond acceptors (Lipinski definition) is 3. The molecule has 2 rings (SSSR count). The fourth-order valence-electron chi connectivity index (χ4n) is 2.39. The Balaban J connectivity index is 1.77. The SMILES string of the molecule is Cn1ccnc1CCNC(=O)N1CCC[C@H](C(=O)O)C1. The Morgan fingerprint density at radius 3 is 3.00 bits per heavy atom. The lowest BCUT2D eigenvalue weighted by atomic mass is 9.99. The van der Waals surface area contributed by atoms with Crippen molar-refractivity contribution in [2.45, 2.75) is 19.3 Å². The summed E-state index contributed by atoms with van der Waals surface area (Å²) in [5, 5.41) is 11.8. The van der Waals surface area contributed by atoms with E-state index in [2.05, 4.69) is 10.3 Å². The van der Waals surface area contributed by atoms with E-state index >= 15 is 0 Å². The average molecular weight is 280 g/mol. The summed E-state index contributed by atoms with van der Waals surface area (Å²) in [4.78, 5) is 28.7. The highest BCUT2D eigenvalue weighted by Crippen LogP contribution is 2.16. The smallest absolute Gasteiger partial charge is 0.317 e. The minimum Gasteiger partial charge on any atom is -0.481 e. The molecule has 110 valence electrons. The summed E-state index contributed by atoms with van der Waals surface area (Å²) in [6, 6.07) is -0.190. The molecule has 0 unspecified atom stereocenters. The molecule has 1 aromatic heterocycles. The predicted octanol–water partition coefficient (Wildman–Crippen LogP) is 0.469. The zero-order chi connectivity index (χ0) is 14.5. The van der Waals surface area contributed by atoms with Gasteiger partial charge in [-0.15, -0.1) is 0 Å². The Kier molecular flexibility index (Phi) is 4.60. The van der Waals surface area contributed by atoms with Gasteiger partial charge in [0.05, 0.1) is 5.92 Å². The van der Waals surface area contributed by atoms with Gasteiger partial charge in [0.2, 0.25) is 0 Å². The van der Waals surface area contributed by atoms with Crippen LogP contribution in [0.25, 0.3) is 0 Å². The number of rotatable bonds is 4. The molecule has 2 heterocycles. The average Bonchev–Trinajstić information content (AvgIpc) is 2.84. The van der Waals surface area contributed by atoms with Gasteiger partial charge in [-0.1, -0.05) is 0 Å². The zero-order valence-corrected chi connectivity index (χ0v) is 11.6. The Labute approximate surface area is 117 Å². The predicted molar refractivity (Wildman–Crippen MR) is 72.2 cm³/mol. The number of aryl methyl sites for hydroxylation is 1. The van der Waals surface area contributed by atoms with Crippen LogP contribution in [0.15, 0.2) is 12.4 Å². The number of nitrogens with one attached hydrogen (secondary N) is 1. The number of hydrogen-bond donors (Lipinski definition) is 2. The number of aromatic nitrogens is 2. The van der Waals surface area contributed by atoms with Gasteiger partial charge in [0, 0.05) is 45.5 Å². The number of carbonyl (C=O) groups excluding carboxylic acids is 1. The number of urea groups is 1. The normalized spacial score (nSPS) is 18.9. The van der Waals surface area contributed by atoms with Crippen LogP contribution >= 0.6 is 0 Å². The summed E-state index contributed by atoms with van der Waals surface area (Å²) in [5.74, 6) is -0.355. The standard InChI is InChI=1S/C13H20N4O3/c1-16-8-6-14-11(16)4-5-15-13(20)17-7-2-3-10(9-17)12(18)19/h6,8,10H,2-5,7,9H2,1H3,(H,15,20)(H,18,19)/t10-/m0/s1. The third-order valence-electron chi connectivity index (χ3n) is 3.60. The van der Waals surface area contributed by atoms with Crippen LogP contribution in [-0.2, 0) is 18.3 Å². The summed E-state index contributed by atoms with van der Waals surface area (Å²) in [7, 11) is 1.91. The van der Waals surface area contributed by atoms with Crippen LogP contribution in [0.2, 0.25) is 0 Å². The first-order valence-corrected chi connectivity index (χ1v) is 6.79. The van der Waals surface area contributed by atoms with E-state index < -0.39 is 11.9 Å². The highest BCUT2D eigenvalue weighted by molar-refractivity contribution is 5.76. The Morgan fingerprint density at radius 1 is 1.55 bits per heavy atom. The molecule has 2 amide bonds. The van der Waals surface area contributed by atoms with E-state index in [-0.39, 0.29) is 6.03 Å². The Hall–Kier alpha value is -2.05. The minimum atomic E-state index is -0.824. The van der Waals surface area contributed by atoms with Crippen molar-refractivity contribution in [1.29, 1.82) is 0 Å². The first-order chi connectivity index (χ1) is 9.58. The third kappa shape index (κ3) is 3.49. The highest BCUT2D eigenvalue weighted by Gasteiger charge is 2.27. The number of carbonyl (C=O) groups is 2. The maximum absolute atomic E-state index is 12.0. The summed E-state index contributed by atoms with van der Waals surface area (Å²) in [6.07, 6.45) is 5.63. The number of carboxylic acids is 1. The van der Waals surface area contributed by atoms with Crippen LogP contribution in [0.1, 0.15) is 18.7 Å². The largest absolute Gasteiger partial charge is 0.481 e. The van der Waals surface area contributed by atoms with Crippen molar-refractivity contribution < 1.29 is 14.7 Å². The van der Waals surface area contributed by atoms with E-state index in [4.69, 9.17) is 5.11 Å². The lowest BCUT2D eigenvalue weighted by Crippen LogP contribution is -2.47. The fraction of sp³-hybridized carbons (Fsp3) is 0.615. The van der Waals surface area contributed by atoms with Crippen LogP contribution < -0.4 is 5.32 Å². The molecule has 1 aromatic rings. The second-order valence-corrected chi connectivity index (χ2v) is 5.06. The fourth-order valence-corrected chi connectivity index (χ4v) is 2.39. The van der Waals surface area contributed by atoms with E-state index in [1.165, 1.54) is 0 Å². The van der Waals surface area contributed by atoms with E-state index in [0.29, 0.717) is 32.5 Å². The van der Waals surface area contributed by atoms with Gasteiger partial charge >= 0.3 is 12.0 Å². The first kappa shape index (κ1) is 14.4. The molecule has 7 nitrogen and oxygen atoms in total. The maximum Gasteiger partial charge on any atom is 0.317 e. The molecule has 0 bridgehead atoms. The monoisotopic (exact) mass is 280 g/mol. The van der Waals surface area contributed by atoms with Crippen molar-refractivity contribution >= 4 is 12.0 Å². The van der Waals surface area contributed by atoms with Gasteiger partial charge < -0.3 is 19.9 Å². The second kappa shape index (κ2) is 6.40. The lowest BCUT2D eigenvalue weighted by molar-refractivity contribution is -0.143. The molecule has 0 radical (unpaired) electrons. The molecule has 0 saturated carbocycles. The van der Waals surface area contributed by atoms with Gasteiger partial charge in [-0.25, -0.2) is 9.78 Å². The second-order valence-electron chi connectivity index (χ2n) is 5.06. The molecule has 1 atom stereocenters. The van der Waals surface area contributed by atoms with Gasteiger partial charge in [-0.2, -0.15) is 0 Å². The lowest BCUT2D eigenvalue weighted by Gasteiger charge is -2.30. The van der Waals surface area contributed by atoms with Gasteiger partial charge in [0.25, 0.3) is 0 Å². The molecule has 0 aromatic carbocycles. The van der Waals surface area contributed by atoms with Gasteiger partial charge in [-0.05, 0) is 12.8 Å². The molecule has 2 N–H and O–H groups in total. The number of nitrogens with zero attached hydrogens (tertiary/aromatic N) is 3. The number of likely N-dealkylation sites (tertiary alicyclic amines) is 1. The number of imidazole rings is 1. The molecule has 0 aliphatic carbocycles. The van der Waals surface area contributed by atoms with E-state index in [1.807, 2.05) is 17.8 Å². The minimum absolute atomic E-state index is 0.190. The van der Waals surface area contributed by atoms with Crippen LogP contribution in [-0.4, -0.2) is 51.2 Å². The van der Waals surface area contributed by atoms with Crippen molar-refractivity contribution in [3.63, 3.8) is 0 Å².